The number of rotatable bonds is 5. The maximum Gasteiger partial charge on any atom is 0.322 e. The molecule has 0 unspecified atom stereocenters. The van der Waals surface area contributed by atoms with Gasteiger partial charge in [-0.25, -0.2) is 0 Å². The quantitative estimate of drug-likeness (QED) is 0.754. The van der Waals surface area contributed by atoms with E-state index in [1.54, 1.807) is 38.5 Å². The zero-order valence-corrected chi connectivity index (χ0v) is 15.0. The molecule has 1 aromatic heterocycles. The average Bonchev–Trinajstić information content (AvgIpc) is 3.09. The smallest absolute Gasteiger partial charge is 0.322 e. The third kappa shape index (κ3) is 3.51. The normalized spacial score (nSPS) is 10.5. The first kappa shape index (κ1) is 17.5. The number of ether oxygens (including phenoxy) is 2. The third-order valence-electron chi connectivity index (χ3n) is 3.90. The van der Waals surface area contributed by atoms with Crippen molar-refractivity contribution in [3.63, 3.8) is 0 Å². The van der Waals surface area contributed by atoms with Crippen molar-refractivity contribution < 1.29 is 18.7 Å². The van der Waals surface area contributed by atoms with Crippen LogP contribution in [0.5, 0.6) is 11.5 Å². The summed E-state index contributed by atoms with van der Waals surface area (Å²) in [5, 5.41) is 10.5. The van der Waals surface area contributed by atoms with Crippen LogP contribution in [-0.2, 0) is 0 Å². The van der Waals surface area contributed by atoms with Crippen LogP contribution >= 0.6 is 0 Å². The fourth-order valence-corrected chi connectivity index (χ4v) is 2.59. The molecule has 0 aliphatic rings. The van der Waals surface area contributed by atoms with E-state index in [4.69, 9.17) is 13.9 Å². The Balaban J connectivity index is 1.81. The molecule has 1 amide bonds. The van der Waals surface area contributed by atoms with E-state index in [1.165, 1.54) is 0 Å². The summed E-state index contributed by atoms with van der Waals surface area (Å²) in [6.07, 6.45) is 0. The van der Waals surface area contributed by atoms with Crippen molar-refractivity contribution in [2.75, 3.05) is 19.5 Å². The highest BCUT2D eigenvalue weighted by Crippen LogP contribution is 2.32. The zero-order valence-electron chi connectivity index (χ0n) is 15.0. The van der Waals surface area contributed by atoms with E-state index >= 15 is 0 Å². The summed E-state index contributed by atoms with van der Waals surface area (Å²) in [5.74, 6) is 1.11. The van der Waals surface area contributed by atoms with Crippen LogP contribution in [0.3, 0.4) is 0 Å². The van der Waals surface area contributed by atoms with Gasteiger partial charge in [-0.05, 0) is 43.7 Å². The van der Waals surface area contributed by atoms with Crippen LogP contribution in [-0.4, -0.2) is 30.3 Å². The third-order valence-corrected chi connectivity index (χ3v) is 3.90. The maximum atomic E-state index is 12.4. The van der Waals surface area contributed by atoms with Crippen molar-refractivity contribution in [2.24, 2.45) is 0 Å². The summed E-state index contributed by atoms with van der Waals surface area (Å²) in [4.78, 5) is 12.4. The summed E-state index contributed by atoms with van der Waals surface area (Å²) in [6, 6.07) is 10.9. The summed E-state index contributed by atoms with van der Waals surface area (Å²) in [6.45, 7) is 3.85. The number of benzene rings is 2. The van der Waals surface area contributed by atoms with Gasteiger partial charge in [-0.2, -0.15) is 0 Å². The number of anilines is 1. The van der Waals surface area contributed by atoms with E-state index in [1.807, 2.05) is 26.0 Å². The minimum atomic E-state index is -0.301. The number of aryl methyl sites for hydroxylation is 2. The predicted octanol–water partition coefficient (Wildman–Crippen LogP) is 3.62. The van der Waals surface area contributed by atoms with E-state index in [9.17, 15) is 4.79 Å². The molecule has 3 rings (SSSR count). The van der Waals surface area contributed by atoms with Gasteiger partial charge >= 0.3 is 6.01 Å². The molecular formula is C19H19N3O4. The summed E-state index contributed by atoms with van der Waals surface area (Å²) in [5.41, 5.74) is 3.18. The summed E-state index contributed by atoms with van der Waals surface area (Å²) < 4.78 is 16.0. The lowest BCUT2D eigenvalue weighted by atomic mass is 10.1. The number of nitrogens with zero attached hydrogens (tertiary/aromatic N) is 2. The van der Waals surface area contributed by atoms with Crippen molar-refractivity contribution in [3.05, 3.63) is 53.1 Å². The molecule has 0 saturated heterocycles. The van der Waals surface area contributed by atoms with Crippen LogP contribution < -0.4 is 14.8 Å². The van der Waals surface area contributed by atoms with Crippen LogP contribution in [0.4, 0.5) is 6.01 Å². The number of carbonyl (C=O) groups excluding carboxylic acids is 1. The van der Waals surface area contributed by atoms with Crippen LogP contribution in [0.1, 0.15) is 21.5 Å². The molecule has 0 spiro atoms. The topological polar surface area (TPSA) is 86.5 Å². The monoisotopic (exact) mass is 353 g/mol. The lowest BCUT2D eigenvalue weighted by Gasteiger charge is -2.07. The first-order chi connectivity index (χ1) is 12.5. The number of aromatic nitrogens is 2. The molecule has 7 nitrogen and oxygen atoms in total. The van der Waals surface area contributed by atoms with E-state index in [2.05, 4.69) is 15.5 Å². The van der Waals surface area contributed by atoms with Crippen LogP contribution in [0.15, 0.2) is 40.8 Å². The van der Waals surface area contributed by atoms with Crippen LogP contribution in [0.2, 0.25) is 0 Å². The van der Waals surface area contributed by atoms with E-state index in [-0.39, 0.29) is 17.8 Å². The van der Waals surface area contributed by atoms with Gasteiger partial charge in [0, 0.05) is 11.1 Å². The maximum absolute atomic E-state index is 12.4. The highest BCUT2D eigenvalue weighted by Gasteiger charge is 2.15. The standard InChI is InChI=1S/C19H19N3O4/c1-11-5-7-14(12(2)9-11)17(23)20-19-22-21-18(26-19)13-6-8-15(24-3)16(10-13)25-4/h5-10H,1-4H3,(H,20,22,23). The molecule has 0 atom stereocenters. The van der Waals surface area contributed by atoms with Gasteiger partial charge in [0.25, 0.3) is 5.91 Å². The molecule has 1 N–H and O–H groups in total. The molecule has 3 aromatic rings. The number of hydrogen-bond donors (Lipinski definition) is 1. The zero-order chi connectivity index (χ0) is 18.7. The van der Waals surface area contributed by atoms with Crippen molar-refractivity contribution in [1.82, 2.24) is 10.2 Å². The Morgan fingerprint density at radius 3 is 2.46 bits per heavy atom. The Morgan fingerprint density at radius 2 is 1.77 bits per heavy atom. The molecule has 0 bridgehead atoms. The SMILES string of the molecule is COc1ccc(-c2nnc(NC(=O)c3ccc(C)cc3C)o2)cc1OC. The average molecular weight is 353 g/mol. The molecule has 26 heavy (non-hydrogen) atoms. The van der Waals surface area contributed by atoms with Crippen molar-refractivity contribution >= 4 is 11.9 Å². The fraction of sp³-hybridized carbons (Fsp3) is 0.211. The van der Waals surface area contributed by atoms with Gasteiger partial charge in [-0.15, -0.1) is 5.10 Å². The van der Waals surface area contributed by atoms with Gasteiger partial charge in [0.15, 0.2) is 11.5 Å². The van der Waals surface area contributed by atoms with Gasteiger partial charge in [-0.1, -0.05) is 22.8 Å². The van der Waals surface area contributed by atoms with Crippen molar-refractivity contribution in [1.29, 1.82) is 0 Å². The van der Waals surface area contributed by atoms with Gasteiger partial charge in [0.05, 0.1) is 14.2 Å². The van der Waals surface area contributed by atoms with Gasteiger partial charge < -0.3 is 13.9 Å². The molecule has 2 aromatic carbocycles. The van der Waals surface area contributed by atoms with Gasteiger partial charge in [-0.3, -0.25) is 10.1 Å². The second-order valence-corrected chi connectivity index (χ2v) is 5.75. The highest BCUT2D eigenvalue weighted by atomic mass is 16.5. The summed E-state index contributed by atoms with van der Waals surface area (Å²) >= 11 is 0. The Morgan fingerprint density at radius 1 is 1.00 bits per heavy atom. The lowest BCUT2D eigenvalue weighted by molar-refractivity contribution is 0.102. The molecule has 0 radical (unpaired) electrons. The Labute approximate surface area is 151 Å². The number of amides is 1. The molecule has 1 heterocycles. The Bertz CT molecular complexity index is 950. The predicted molar refractivity (Wildman–Crippen MR) is 96.7 cm³/mol. The lowest BCUT2D eigenvalue weighted by Crippen LogP contribution is -2.13. The molecule has 0 fully saturated rings. The first-order valence-electron chi connectivity index (χ1n) is 7.96. The minimum Gasteiger partial charge on any atom is -0.493 e. The summed E-state index contributed by atoms with van der Waals surface area (Å²) in [7, 11) is 3.11. The van der Waals surface area contributed by atoms with E-state index < -0.39 is 0 Å². The van der Waals surface area contributed by atoms with E-state index in [0.717, 1.165) is 11.1 Å². The van der Waals surface area contributed by atoms with Crippen LogP contribution in [0, 0.1) is 13.8 Å². The minimum absolute atomic E-state index is 0.0276. The Kier molecular flexibility index (Phi) is 4.88. The number of hydrogen-bond acceptors (Lipinski definition) is 6. The molecule has 0 saturated carbocycles. The van der Waals surface area contributed by atoms with Crippen molar-refractivity contribution in [3.8, 4) is 23.0 Å². The molecule has 0 aliphatic carbocycles. The van der Waals surface area contributed by atoms with Gasteiger partial charge in [0.1, 0.15) is 0 Å². The largest absolute Gasteiger partial charge is 0.493 e. The number of carbonyl (C=O) groups is 1. The van der Waals surface area contributed by atoms with Gasteiger partial charge in [0.2, 0.25) is 5.89 Å². The number of nitrogens with one attached hydrogen (secondary N) is 1. The second-order valence-electron chi connectivity index (χ2n) is 5.75. The molecule has 0 aliphatic heterocycles. The second kappa shape index (κ2) is 7.26. The highest BCUT2D eigenvalue weighted by molar-refractivity contribution is 6.04. The Hall–Kier alpha value is -3.35. The van der Waals surface area contributed by atoms with E-state index in [0.29, 0.717) is 22.6 Å². The molecule has 134 valence electrons. The van der Waals surface area contributed by atoms with Crippen molar-refractivity contribution in [2.45, 2.75) is 13.8 Å². The molecule has 7 heteroatoms. The molecular weight excluding hydrogens is 334 g/mol. The first-order valence-corrected chi connectivity index (χ1v) is 7.96. The van der Waals surface area contributed by atoms with Crippen LogP contribution in [0.25, 0.3) is 11.5 Å². The number of methoxy groups -OCH3 is 2. The fourth-order valence-electron chi connectivity index (χ4n) is 2.59.